The molecule has 0 spiro atoms. The second-order valence-electron chi connectivity index (χ2n) is 14.8. The van der Waals surface area contributed by atoms with Crippen LogP contribution in [0.5, 0.6) is 0 Å². The lowest BCUT2D eigenvalue weighted by Crippen LogP contribution is -2.01. The fourth-order valence-electron chi connectivity index (χ4n) is 8.89. The number of fused-ring (bicyclic) bond motifs is 8. The minimum Gasteiger partial charge on any atom is -0.309 e. The van der Waals surface area contributed by atoms with E-state index in [0.717, 1.165) is 49.9 Å². The number of hydrogen-bond donors (Lipinski definition) is 0. The van der Waals surface area contributed by atoms with Gasteiger partial charge in [-0.25, -0.2) is 15.0 Å². The van der Waals surface area contributed by atoms with Crippen molar-refractivity contribution in [2.24, 2.45) is 0 Å². The molecule has 0 unspecified atom stereocenters. The highest BCUT2D eigenvalue weighted by Gasteiger charge is 2.21. The van der Waals surface area contributed by atoms with Crippen LogP contribution in [-0.4, -0.2) is 24.1 Å². The molecular weight excluding hydrogens is 707 g/mol. The van der Waals surface area contributed by atoms with Crippen LogP contribution >= 0.6 is 0 Å². The molecule has 0 aliphatic carbocycles. The van der Waals surface area contributed by atoms with Crippen LogP contribution in [0.2, 0.25) is 0 Å². The van der Waals surface area contributed by atoms with Crippen LogP contribution in [0.3, 0.4) is 0 Å². The summed E-state index contributed by atoms with van der Waals surface area (Å²) in [5.41, 5.74) is 9.74. The number of rotatable bonds is 5. The Kier molecular flexibility index (Phi) is 7.16. The summed E-state index contributed by atoms with van der Waals surface area (Å²) in [5.74, 6) is 1.93. The van der Waals surface area contributed by atoms with Gasteiger partial charge in [0.05, 0.1) is 27.8 Å². The van der Waals surface area contributed by atoms with Crippen molar-refractivity contribution < 1.29 is 0 Å². The minimum absolute atomic E-state index is 0.638. The summed E-state index contributed by atoms with van der Waals surface area (Å²) in [4.78, 5) is 15.2. The van der Waals surface area contributed by atoms with Crippen molar-refractivity contribution >= 4 is 65.2 Å². The summed E-state index contributed by atoms with van der Waals surface area (Å²) in [6.45, 7) is 0. The van der Waals surface area contributed by atoms with Gasteiger partial charge in [0.25, 0.3) is 0 Å². The average Bonchev–Trinajstić information content (AvgIpc) is 3.78. The maximum atomic E-state index is 5.12. The van der Waals surface area contributed by atoms with Gasteiger partial charge in [0.2, 0.25) is 0 Å². The van der Waals surface area contributed by atoms with Crippen molar-refractivity contribution in [3.63, 3.8) is 0 Å². The molecule has 0 fully saturated rings. The van der Waals surface area contributed by atoms with E-state index in [-0.39, 0.29) is 0 Å². The van der Waals surface area contributed by atoms with Crippen molar-refractivity contribution in [3.05, 3.63) is 200 Å². The van der Waals surface area contributed by atoms with Gasteiger partial charge in [-0.2, -0.15) is 0 Å². The van der Waals surface area contributed by atoms with Crippen molar-refractivity contribution in [1.82, 2.24) is 24.1 Å². The fraction of sp³-hybridized carbons (Fsp3) is 0. The third kappa shape index (κ3) is 5.00. The first-order valence-corrected chi connectivity index (χ1v) is 19.6. The Morgan fingerprint density at radius 2 is 0.810 bits per heavy atom. The Labute approximate surface area is 333 Å². The maximum absolute atomic E-state index is 5.12. The van der Waals surface area contributed by atoms with Crippen LogP contribution in [0.4, 0.5) is 0 Å². The SMILES string of the molecule is c1ccc(-c2nc(-c3ccccc3)nc(-c3cccc4c(-n5c6ccccc6c6cc7c8cc9ccccc9cc8n(-c8ccccc8)c7cc65)cccc34)n2)cc1. The second-order valence-corrected chi connectivity index (χ2v) is 14.8. The van der Waals surface area contributed by atoms with Gasteiger partial charge in [-0.15, -0.1) is 0 Å². The maximum Gasteiger partial charge on any atom is 0.164 e. The molecule has 0 saturated heterocycles. The Hall–Kier alpha value is -7.89. The fourth-order valence-corrected chi connectivity index (χ4v) is 8.89. The van der Waals surface area contributed by atoms with Crippen molar-refractivity contribution in [3.8, 4) is 45.5 Å². The lowest BCUT2D eigenvalue weighted by Gasteiger charge is -2.15. The highest BCUT2D eigenvalue weighted by atomic mass is 15.0. The lowest BCUT2D eigenvalue weighted by molar-refractivity contribution is 1.08. The molecule has 270 valence electrons. The number of benzene rings is 9. The van der Waals surface area contributed by atoms with E-state index in [0.29, 0.717) is 17.5 Å². The molecule has 9 aromatic carbocycles. The van der Waals surface area contributed by atoms with Crippen molar-refractivity contribution in [2.45, 2.75) is 0 Å². The summed E-state index contributed by atoms with van der Waals surface area (Å²) >= 11 is 0. The summed E-state index contributed by atoms with van der Waals surface area (Å²) < 4.78 is 4.87. The summed E-state index contributed by atoms with van der Waals surface area (Å²) in [6.07, 6.45) is 0. The number of hydrogen-bond acceptors (Lipinski definition) is 3. The molecule has 0 amide bonds. The van der Waals surface area contributed by atoms with Gasteiger partial charge in [0.1, 0.15) is 0 Å². The summed E-state index contributed by atoms with van der Waals surface area (Å²) in [5, 5.41) is 9.56. The quantitative estimate of drug-likeness (QED) is 0.177. The molecule has 0 saturated carbocycles. The second kappa shape index (κ2) is 12.8. The Morgan fingerprint density at radius 3 is 1.55 bits per heavy atom. The van der Waals surface area contributed by atoms with Crippen LogP contribution in [0.15, 0.2) is 200 Å². The first-order valence-electron chi connectivity index (χ1n) is 19.6. The van der Waals surface area contributed by atoms with Gasteiger partial charge in [0, 0.05) is 49.3 Å². The van der Waals surface area contributed by atoms with E-state index in [9.17, 15) is 0 Å². The zero-order chi connectivity index (χ0) is 38.2. The number of nitrogens with zero attached hydrogens (tertiary/aromatic N) is 5. The topological polar surface area (TPSA) is 48.5 Å². The predicted octanol–water partition coefficient (Wildman–Crippen LogP) is 13.4. The van der Waals surface area contributed by atoms with E-state index in [1.54, 1.807) is 0 Å². The summed E-state index contributed by atoms with van der Waals surface area (Å²) in [6, 6.07) is 71.0. The Balaban J connectivity index is 1.14. The van der Waals surface area contributed by atoms with Gasteiger partial charge in [0.15, 0.2) is 17.5 Å². The minimum atomic E-state index is 0.638. The van der Waals surface area contributed by atoms with E-state index in [2.05, 4.69) is 149 Å². The highest BCUT2D eigenvalue weighted by molar-refractivity contribution is 6.21. The molecular formula is C53H33N5. The zero-order valence-electron chi connectivity index (χ0n) is 31.3. The molecule has 58 heavy (non-hydrogen) atoms. The molecule has 3 aromatic heterocycles. The Bertz CT molecular complexity index is 3490. The lowest BCUT2D eigenvalue weighted by atomic mass is 10.0. The van der Waals surface area contributed by atoms with Crippen molar-refractivity contribution in [2.75, 3.05) is 0 Å². The normalized spacial score (nSPS) is 11.8. The third-order valence-corrected chi connectivity index (χ3v) is 11.5. The van der Waals surface area contributed by atoms with Crippen LogP contribution in [-0.2, 0) is 0 Å². The molecule has 5 heteroatoms. The van der Waals surface area contributed by atoms with Gasteiger partial charge >= 0.3 is 0 Å². The molecule has 0 radical (unpaired) electrons. The standard InChI is InChI=1S/C53H33N5/c1-4-16-34(17-5-1)51-54-52(35-18-6-2-7-19-35)56-53(55-51)42-27-14-26-40-39(42)25-15-29-47(40)58-46-28-13-12-24-41(46)44-32-45-43-30-36-20-10-11-21-37(36)31-48(43)57(49(45)33-50(44)58)38-22-8-3-9-23-38/h1-33H. The Morgan fingerprint density at radius 1 is 0.293 bits per heavy atom. The van der Waals surface area contributed by atoms with Gasteiger partial charge in [-0.1, -0.05) is 152 Å². The van der Waals surface area contributed by atoms with Gasteiger partial charge in [-0.3, -0.25) is 0 Å². The van der Waals surface area contributed by atoms with Crippen molar-refractivity contribution in [1.29, 1.82) is 0 Å². The smallest absolute Gasteiger partial charge is 0.164 e. The molecule has 3 heterocycles. The number of aromatic nitrogens is 5. The molecule has 5 nitrogen and oxygen atoms in total. The van der Waals surface area contributed by atoms with Gasteiger partial charge in [-0.05, 0) is 64.7 Å². The average molecular weight is 740 g/mol. The molecule has 0 aliphatic heterocycles. The van der Waals surface area contributed by atoms with Crippen LogP contribution < -0.4 is 0 Å². The molecule has 0 aliphatic rings. The molecule has 12 aromatic rings. The highest BCUT2D eigenvalue weighted by Crippen LogP contribution is 2.42. The largest absolute Gasteiger partial charge is 0.309 e. The van der Waals surface area contributed by atoms with Gasteiger partial charge < -0.3 is 9.13 Å². The van der Waals surface area contributed by atoms with E-state index in [4.69, 9.17) is 15.0 Å². The van der Waals surface area contributed by atoms with E-state index in [1.807, 2.05) is 60.7 Å². The molecule has 12 rings (SSSR count). The first kappa shape index (κ1) is 32.4. The summed E-state index contributed by atoms with van der Waals surface area (Å²) in [7, 11) is 0. The number of para-hydroxylation sites is 2. The van der Waals surface area contributed by atoms with Crippen LogP contribution in [0, 0.1) is 0 Å². The zero-order valence-corrected chi connectivity index (χ0v) is 31.3. The molecule has 0 N–H and O–H groups in total. The van der Waals surface area contributed by atoms with E-state index < -0.39 is 0 Å². The molecule has 0 atom stereocenters. The molecule has 0 bridgehead atoms. The predicted molar refractivity (Wildman–Crippen MR) is 240 cm³/mol. The first-order chi connectivity index (χ1) is 28.8. The van der Waals surface area contributed by atoms with Crippen LogP contribution in [0.25, 0.3) is 111 Å². The third-order valence-electron chi connectivity index (χ3n) is 11.5. The van der Waals surface area contributed by atoms with E-state index >= 15 is 0 Å². The monoisotopic (exact) mass is 739 g/mol. The van der Waals surface area contributed by atoms with E-state index in [1.165, 1.54) is 43.4 Å². The van der Waals surface area contributed by atoms with Crippen LogP contribution in [0.1, 0.15) is 0 Å².